The summed E-state index contributed by atoms with van der Waals surface area (Å²) in [7, 11) is 1.17. The van der Waals surface area contributed by atoms with Crippen LogP contribution in [0, 0.1) is 5.41 Å². The molecule has 235 valence electrons. The largest absolute Gasteiger partial charge is 0.400 e. The van der Waals surface area contributed by atoms with Crippen LogP contribution in [0.1, 0.15) is 53.2 Å². The van der Waals surface area contributed by atoms with Crippen LogP contribution in [0.25, 0.3) is 10.9 Å². The van der Waals surface area contributed by atoms with Gasteiger partial charge in [0.15, 0.2) is 0 Å². The van der Waals surface area contributed by atoms with Gasteiger partial charge in [-0.2, -0.15) is 0 Å². The molecule has 1 radical (unpaired) electrons. The second kappa shape index (κ2) is 14.2. The Bertz CT molecular complexity index is 1810. The van der Waals surface area contributed by atoms with Crippen molar-refractivity contribution in [1.82, 2.24) is 10.0 Å². The normalized spacial score (nSPS) is 12.3. The van der Waals surface area contributed by atoms with Crippen molar-refractivity contribution < 1.29 is 18.9 Å². The highest BCUT2D eigenvalue weighted by molar-refractivity contribution is 6.80. The maximum atomic E-state index is 13.8. The van der Waals surface area contributed by atoms with Crippen LogP contribution < -0.4 is 15.7 Å². The Balaban J connectivity index is 1.72. The van der Waals surface area contributed by atoms with Crippen LogP contribution >= 0.6 is 23.2 Å². The number of rotatable bonds is 9. The Morgan fingerprint density at radius 2 is 1.41 bits per heavy atom. The molecule has 0 aliphatic carbocycles. The lowest BCUT2D eigenvalue weighted by molar-refractivity contribution is -0.0759. The molecule has 0 aliphatic heterocycles. The van der Waals surface area contributed by atoms with Crippen molar-refractivity contribution in [2.24, 2.45) is 5.41 Å². The van der Waals surface area contributed by atoms with E-state index >= 15 is 0 Å². The van der Waals surface area contributed by atoms with E-state index in [1.165, 1.54) is 13.3 Å². The zero-order valence-corrected chi connectivity index (χ0v) is 28.7. The summed E-state index contributed by atoms with van der Waals surface area (Å²) in [6, 6.07) is 30.6. The Morgan fingerprint density at radius 1 is 0.848 bits per heavy atom. The Hall–Kier alpha value is -4.05. The maximum Gasteiger partial charge on any atom is 0.283 e. The highest BCUT2D eigenvalue weighted by Gasteiger charge is 2.37. The topological polar surface area (TPSA) is 80.8 Å². The lowest BCUT2D eigenvalue weighted by Crippen LogP contribution is -2.47. The Kier molecular flexibility index (Phi) is 10.2. The quantitative estimate of drug-likeness (QED) is 0.131. The molecule has 5 rings (SSSR count). The third kappa shape index (κ3) is 7.01. The molecule has 7 nitrogen and oxygen atoms in total. The van der Waals surface area contributed by atoms with Gasteiger partial charge in [-0.15, -0.1) is 0 Å². The molecule has 2 amide bonds. The minimum absolute atomic E-state index is 0.158. The zero-order valence-electron chi connectivity index (χ0n) is 26.2. The third-order valence-corrected chi connectivity index (χ3v) is 10.3. The van der Waals surface area contributed by atoms with E-state index in [9.17, 15) is 9.59 Å². The first-order valence-corrected chi connectivity index (χ1v) is 16.8. The molecule has 4 aromatic carbocycles. The van der Waals surface area contributed by atoms with E-state index in [1.54, 1.807) is 31.3 Å². The van der Waals surface area contributed by atoms with E-state index in [2.05, 4.69) is 50.4 Å². The molecule has 0 saturated heterocycles. The first-order valence-electron chi connectivity index (χ1n) is 14.6. The van der Waals surface area contributed by atoms with Crippen LogP contribution in [0.15, 0.2) is 103 Å². The third-order valence-electron chi connectivity index (χ3n) is 7.52. The maximum absolute atomic E-state index is 13.8. The molecular formula is C36H34Cl2N3O4Si. The van der Waals surface area contributed by atoms with Crippen LogP contribution in [0.2, 0.25) is 10.0 Å². The number of nitrogens with one attached hydrogen (secondary N) is 1. The average molecular weight is 672 g/mol. The molecule has 0 aliphatic rings. The average Bonchev–Trinajstić information content (AvgIpc) is 3.04. The van der Waals surface area contributed by atoms with Gasteiger partial charge in [0.05, 0.1) is 45.6 Å². The van der Waals surface area contributed by atoms with Gasteiger partial charge < -0.3 is 9.74 Å². The zero-order chi connectivity index (χ0) is 33.0. The van der Waals surface area contributed by atoms with Gasteiger partial charge in [0.2, 0.25) is 0 Å². The molecule has 1 heterocycles. The number of fused-ring (bicyclic) bond motifs is 1. The van der Waals surface area contributed by atoms with Crippen molar-refractivity contribution in [1.29, 1.82) is 0 Å². The second-order valence-corrected chi connectivity index (χ2v) is 14.6. The Morgan fingerprint density at radius 3 is 1.96 bits per heavy atom. The molecule has 1 N–H and O–H groups in total. The second-order valence-electron chi connectivity index (χ2n) is 11.7. The van der Waals surface area contributed by atoms with Crippen LogP contribution in [-0.2, 0) is 9.26 Å². The molecule has 0 spiro atoms. The fourth-order valence-corrected chi connectivity index (χ4v) is 8.09. The van der Waals surface area contributed by atoms with Gasteiger partial charge >= 0.3 is 0 Å². The molecule has 46 heavy (non-hydrogen) atoms. The molecule has 1 atom stereocenters. The molecular weight excluding hydrogens is 637 g/mol. The number of hydrogen-bond donors (Lipinski definition) is 1. The van der Waals surface area contributed by atoms with Gasteiger partial charge in [0, 0.05) is 24.2 Å². The van der Waals surface area contributed by atoms with E-state index in [4.69, 9.17) is 37.4 Å². The number of carbonyl (C=O) groups is 2. The molecule has 1 unspecified atom stereocenters. The van der Waals surface area contributed by atoms with Crippen LogP contribution in [0.3, 0.4) is 0 Å². The van der Waals surface area contributed by atoms with Gasteiger partial charge in [0.1, 0.15) is 0 Å². The molecule has 10 heteroatoms. The summed E-state index contributed by atoms with van der Waals surface area (Å²) < 4.78 is 7.25. The summed E-state index contributed by atoms with van der Waals surface area (Å²) in [5.74, 6) is -0.858. The minimum atomic E-state index is -1.81. The van der Waals surface area contributed by atoms with Crippen molar-refractivity contribution in [3.63, 3.8) is 0 Å². The fourth-order valence-electron chi connectivity index (χ4n) is 5.22. The van der Waals surface area contributed by atoms with E-state index in [-0.39, 0.29) is 21.5 Å². The number of halogens is 2. The summed E-state index contributed by atoms with van der Waals surface area (Å²) in [4.78, 5) is 37.3. The fraction of sp³-hybridized carbons (Fsp3) is 0.194. The lowest BCUT2D eigenvalue weighted by Gasteiger charge is -2.36. The first-order chi connectivity index (χ1) is 22.0. The van der Waals surface area contributed by atoms with Crippen molar-refractivity contribution in [3.8, 4) is 0 Å². The Labute approximate surface area is 280 Å². The van der Waals surface area contributed by atoms with E-state index in [0.717, 1.165) is 15.4 Å². The van der Waals surface area contributed by atoms with Gasteiger partial charge in [0.25, 0.3) is 20.9 Å². The smallest absolute Gasteiger partial charge is 0.283 e. The van der Waals surface area contributed by atoms with E-state index in [0.29, 0.717) is 27.7 Å². The molecule has 5 aromatic rings. The van der Waals surface area contributed by atoms with Crippen molar-refractivity contribution in [2.45, 2.75) is 26.9 Å². The number of amides is 2. The lowest BCUT2D eigenvalue weighted by atomic mass is 9.81. The van der Waals surface area contributed by atoms with Gasteiger partial charge in [-0.25, -0.2) is 5.06 Å². The number of para-hydroxylation sites is 1. The summed E-state index contributed by atoms with van der Waals surface area (Å²) in [6.45, 7) is 6.25. The number of benzene rings is 4. The minimum Gasteiger partial charge on any atom is -0.400 e. The van der Waals surface area contributed by atoms with Crippen molar-refractivity contribution >= 4 is 71.0 Å². The van der Waals surface area contributed by atoms with Crippen LogP contribution in [0.5, 0.6) is 0 Å². The standard InChI is InChI=1S/C36H34Cl2N3O4Si/c1-36(2,3)33(45-46(23-14-8-6-9-15-23)24-16-10-7-11-17-24)30-25-18-12-21-29(32(25)39-22-26(30)35(43)41(4)44-5)40-34(42)31-27(37)19-13-20-28(31)38/h6-22,33H,1-5H3,(H,40,42). The number of carbonyl (C=O) groups excluding carboxylic acids is 2. The van der Waals surface area contributed by atoms with E-state index < -0.39 is 26.5 Å². The van der Waals surface area contributed by atoms with Crippen LogP contribution in [-0.4, -0.2) is 45.1 Å². The van der Waals surface area contributed by atoms with Crippen molar-refractivity contribution in [2.75, 3.05) is 19.5 Å². The molecule has 1 aromatic heterocycles. The summed E-state index contributed by atoms with van der Waals surface area (Å²) >= 11 is 12.7. The number of aromatic nitrogens is 1. The molecule has 0 fully saturated rings. The van der Waals surface area contributed by atoms with E-state index in [1.807, 2.05) is 48.5 Å². The summed E-state index contributed by atoms with van der Waals surface area (Å²) in [6.07, 6.45) is 0.938. The van der Waals surface area contributed by atoms with Gasteiger partial charge in [-0.1, -0.05) is 123 Å². The highest BCUT2D eigenvalue weighted by atomic mass is 35.5. The van der Waals surface area contributed by atoms with Gasteiger partial charge in [-0.3, -0.25) is 19.4 Å². The number of hydrogen-bond acceptors (Lipinski definition) is 5. The number of pyridine rings is 1. The summed E-state index contributed by atoms with van der Waals surface area (Å²) in [5, 5.41) is 7.35. The predicted molar refractivity (Wildman–Crippen MR) is 186 cm³/mol. The SMILES string of the molecule is CON(C)C(=O)c1cnc2c(NC(=O)c3c(Cl)cccc3Cl)cccc2c1C(O[Si](c1ccccc1)c1ccccc1)C(C)(C)C. The highest BCUT2D eigenvalue weighted by Crippen LogP contribution is 2.42. The molecule has 0 bridgehead atoms. The molecule has 0 saturated carbocycles. The first kappa shape index (κ1) is 33.3. The van der Waals surface area contributed by atoms with Gasteiger partial charge in [-0.05, 0) is 34.0 Å². The van der Waals surface area contributed by atoms with Crippen LogP contribution in [0.4, 0.5) is 5.69 Å². The number of anilines is 1. The predicted octanol–water partition coefficient (Wildman–Crippen LogP) is 7.34. The van der Waals surface area contributed by atoms with Crippen molar-refractivity contribution in [3.05, 3.63) is 130 Å². The number of nitrogens with zero attached hydrogens (tertiary/aromatic N) is 2. The monoisotopic (exact) mass is 670 g/mol. The summed E-state index contributed by atoms with van der Waals surface area (Å²) in [5.41, 5.74) is 1.56. The number of hydroxylamine groups is 2.